The maximum Gasteiger partial charge on any atom is 0.573 e. The summed E-state index contributed by atoms with van der Waals surface area (Å²) in [5.74, 6) is 2.44. The number of aliphatic hydroxyl groups is 1. The molecule has 3 saturated carbocycles. The number of nitrogens with two attached hydrogens (primary N) is 3. The summed E-state index contributed by atoms with van der Waals surface area (Å²) in [6.07, 6.45) is 7.64. The van der Waals surface area contributed by atoms with Gasteiger partial charge in [-0.2, -0.15) is 9.97 Å². The molecule has 0 aliphatic heterocycles. The molecule has 0 spiro atoms. The van der Waals surface area contributed by atoms with Crippen molar-refractivity contribution in [1.29, 1.82) is 0 Å². The van der Waals surface area contributed by atoms with Crippen molar-refractivity contribution < 1.29 is 60.0 Å². The van der Waals surface area contributed by atoms with E-state index in [1.165, 1.54) is 55.0 Å². The minimum Gasteiger partial charge on any atom is -0.444 e. The van der Waals surface area contributed by atoms with Crippen molar-refractivity contribution in [2.45, 2.75) is 218 Å². The van der Waals surface area contributed by atoms with E-state index in [1.807, 2.05) is 46.5 Å². The lowest BCUT2D eigenvalue weighted by atomic mass is 9.86. The monoisotopic (exact) mass is 1680 g/mol. The molecule has 614 valence electrons. The number of para-hydroxylation sites is 2. The fourth-order valence-corrected chi connectivity index (χ4v) is 10.5. The van der Waals surface area contributed by atoms with E-state index >= 15 is 0 Å². The molecule has 0 saturated heterocycles. The van der Waals surface area contributed by atoms with Crippen LogP contribution in [0.25, 0.3) is 0 Å². The van der Waals surface area contributed by atoms with Crippen molar-refractivity contribution in [3.63, 3.8) is 0 Å². The van der Waals surface area contributed by atoms with Gasteiger partial charge in [0.15, 0.2) is 5.15 Å². The summed E-state index contributed by atoms with van der Waals surface area (Å²) >= 11 is 39.5. The number of nitrogens with one attached hydrogen (secondary N) is 7. The van der Waals surface area contributed by atoms with Crippen molar-refractivity contribution >= 4 is 111 Å². The molecule has 14 N–H and O–H groups in total. The zero-order chi connectivity index (χ0) is 77.1. The van der Waals surface area contributed by atoms with Gasteiger partial charge in [-0.25, -0.2) is 34.3 Å². The standard InChI is InChI=1S/C19H23ClF3N5O.C16H24Cl2N4O2.C12H24N2O2.C8H8F3NO.C4HCl3N2.C4H3ClN2O2.C2H6O.5CH4/c20-15-11-27-18(28-17(15)25-9-12-5-7-14(24)8-6-12)26-10-13-3-1-2-4-16(13)29-19(21,22)23;1-16(2,3)24-15(23)21-11-6-4-10(5-7-11)8-19-13-12(17)9-20-14(18)22-13;1-12(2,3)16-11(15)14-10-6-4-9(8-13)5-7-10;9-8(10,11)13-7-4-2-1-3-6(7)5-12;5-2-1-8-4(7)9-3(2)6;5-2-1-6-4(9)7-3(2)8;1-2-3;;;;;/h1-4,11-12,14H,5-10,24H2,(H2,25,26,27,28);9-11H,4-8H2,1-3H3,(H,21,23)(H,19,20,22);9-10H,4-8,13H2,1-3H3,(H,14,15);1-4H,5,12H2;1H;1H,(H2,6,7,8,9);3H,2H2,1H3;5*1H4. The molecule has 4 aromatic heterocycles. The molecule has 0 unspecified atom stereocenters. The Bertz CT molecular complexity index is 3620. The summed E-state index contributed by atoms with van der Waals surface area (Å²) in [5.41, 5.74) is 15.4. The second kappa shape index (κ2) is 53.3. The van der Waals surface area contributed by atoms with Gasteiger partial charge in [-0.05, 0) is 185 Å². The number of aliphatic hydroxyl groups excluding tert-OH is 1. The molecular formula is C70H109Cl7F6N16O9. The molecule has 3 aliphatic carbocycles. The Labute approximate surface area is 665 Å². The number of alkyl carbamates (subject to hydrolysis) is 2. The number of carbonyl (C=O) groups is 2. The molecule has 6 aromatic rings. The van der Waals surface area contributed by atoms with Crippen LogP contribution in [-0.4, -0.2) is 125 Å². The van der Waals surface area contributed by atoms with Crippen LogP contribution >= 0.6 is 81.2 Å². The lowest BCUT2D eigenvalue weighted by Gasteiger charge is -2.30. The number of aromatic nitrogens is 8. The Balaban J connectivity index is -0.00000126. The number of anilines is 3. The molecule has 3 fully saturated rings. The number of aromatic amines is 2. The fraction of sp³-hybridized carbons (Fsp3) is 0.571. The summed E-state index contributed by atoms with van der Waals surface area (Å²) in [5, 5.41) is 24.4. The summed E-state index contributed by atoms with van der Waals surface area (Å²) in [6.45, 7) is 15.5. The normalized spacial score (nSPS) is 17.0. The molecule has 2 amide bonds. The minimum atomic E-state index is -4.76. The highest BCUT2D eigenvalue weighted by molar-refractivity contribution is 6.41. The van der Waals surface area contributed by atoms with Crippen LogP contribution in [0, 0.1) is 17.8 Å². The zero-order valence-electron chi connectivity index (χ0n) is 57.7. The van der Waals surface area contributed by atoms with Gasteiger partial charge in [0.2, 0.25) is 16.5 Å². The Morgan fingerprint density at radius 3 is 1.36 bits per heavy atom. The second-order valence-corrected chi connectivity index (χ2v) is 27.8. The van der Waals surface area contributed by atoms with E-state index < -0.39 is 35.2 Å². The van der Waals surface area contributed by atoms with Gasteiger partial charge in [-0.1, -0.05) is 132 Å². The van der Waals surface area contributed by atoms with Crippen LogP contribution < -0.4 is 64.5 Å². The van der Waals surface area contributed by atoms with Crippen molar-refractivity contribution in [3.05, 3.63) is 141 Å². The van der Waals surface area contributed by atoms with Crippen LogP contribution in [0.15, 0.2) is 82.9 Å². The number of nitrogens with zero attached hydrogens (tertiary/aromatic N) is 6. The fourth-order valence-electron chi connectivity index (χ4n) is 9.59. The molecule has 0 radical (unpaired) electrons. The average molecular weight is 1680 g/mol. The molecule has 0 bridgehead atoms. The maximum atomic E-state index is 12.5. The Kier molecular flexibility index (Phi) is 52.1. The number of benzene rings is 2. The number of rotatable bonds is 15. The first-order valence-electron chi connectivity index (χ1n) is 32.4. The predicted octanol–water partition coefficient (Wildman–Crippen LogP) is 18.3. The number of H-pyrrole nitrogens is 2. The highest BCUT2D eigenvalue weighted by atomic mass is 35.5. The Morgan fingerprint density at radius 2 is 0.954 bits per heavy atom. The van der Waals surface area contributed by atoms with Crippen molar-refractivity contribution in [2.75, 3.05) is 42.2 Å². The quantitative estimate of drug-likeness (QED) is 0.0258. The van der Waals surface area contributed by atoms with Gasteiger partial charge in [-0.15, -0.1) is 26.3 Å². The third-order valence-corrected chi connectivity index (χ3v) is 16.3. The largest absolute Gasteiger partial charge is 0.573 e. The Morgan fingerprint density at radius 1 is 0.556 bits per heavy atom. The highest BCUT2D eigenvalue weighted by Gasteiger charge is 2.33. The topological polar surface area (TPSA) is 373 Å². The van der Waals surface area contributed by atoms with E-state index in [9.17, 15) is 45.5 Å². The van der Waals surface area contributed by atoms with Crippen LogP contribution in [0.5, 0.6) is 11.5 Å². The van der Waals surface area contributed by atoms with Gasteiger partial charge in [0.1, 0.15) is 49.4 Å². The van der Waals surface area contributed by atoms with Crippen LogP contribution in [0.2, 0.25) is 35.8 Å². The van der Waals surface area contributed by atoms with Gasteiger partial charge >= 0.3 is 30.6 Å². The molecule has 2 aromatic carbocycles. The highest BCUT2D eigenvalue weighted by Crippen LogP contribution is 2.31. The molecule has 3 aliphatic rings. The molecule has 108 heavy (non-hydrogen) atoms. The first kappa shape index (κ1) is 106. The zero-order valence-corrected chi connectivity index (χ0v) is 63.0. The van der Waals surface area contributed by atoms with Gasteiger partial charge in [0, 0.05) is 68.2 Å². The number of hydrogen-bond donors (Lipinski definition) is 11. The van der Waals surface area contributed by atoms with Crippen molar-refractivity contribution in [3.8, 4) is 11.5 Å². The molecular weight excluding hydrogens is 1570 g/mol. The van der Waals surface area contributed by atoms with Crippen molar-refractivity contribution in [2.24, 2.45) is 35.0 Å². The first-order valence-corrected chi connectivity index (χ1v) is 35.1. The van der Waals surface area contributed by atoms with Gasteiger partial charge in [0.25, 0.3) is 5.56 Å². The van der Waals surface area contributed by atoms with E-state index in [-0.39, 0.29) is 125 Å². The molecule has 25 nitrogen and oxygen atoms in total. The number of alkyl halides is 6. The molecule has 38 heteroatoms. The predicted molar refractivity (Wildman–Crippen MR) is 423 cm³/mol. The third-order valence-electron chi connectivity index (χ3n) is 14.4. The van der Waals surface area contributed by atoms with E-state index in [0.29, 0.717) is 55.6 Å². The third kappa shape index (κ3) is 46.1. The van der Waals surface area contributed by atoms with Crippen LogP contribution in [0.4, 0.5) is 53.5 Å². The number of amides is 2. The minimum absolute atomic E-state index is 0. The summed E-state index contributed by atoms with van der Waals surface area (Å²) in [7, 11) is 0. The lowest BCUT2D eigenvalue weighted by molar-refractivity contribution is -0.275. The maximum absolute atomic E-state index is 12.5. The number of carbonyl (C=O) groups excluding carboxylic acids is 2. The van der Waals surface area contributed by atoms with Gasteiger partial charge < -0.3 is 72.8 Å². The van der Waals surface area contributed by atoms with Crippen LogP contribution in [0.3, 0.4) is 0 Å². The summed E-state index contributed by atoms with van der Waals surface area (Å²) < 4.78 is 91.3. The smallest absolute Gasteiger partial charge is 0.444 e. The molecule has 9 rings (SSSR count). The number of halogens is 13. The molecule has 0 atom stereocenters. The first-order chi connectivity index (χ1) is 48.3. The van der Waals surface area contributed by atoms with E-state index in [1.54, 1.807) is 19.1 Å². The van der Waals surface area contributed by atoms with Crippen LogP contribution in [-0.2, 0) is 22.6 Å². The van der Waals surface area contributed by atoms with E-state index in [0.717, 1.165) is 103 Å². The van der Waals surface area contributed by atoms with E-state index in [4.69, 9.17) is 113 Å². The van der Waals surface area contributed by atoms with E-state index in [2.05, 4.69) is 70.9 Å². The average Bonchev–Trinajstić information content (AvgIpc) is 0.855. The lowest BCUT2D eigenvalue weighted by Crippen LogP contribution is -2.41. The van der Waals surface area contributed by atoms with Crippen LogP contribution in [0.1, 0.15) is 174 Å². The van der Waals surface area contributed by atoms with Gasteiger partial charge in [0.05, 0.1) is 23.6 Å². The van der Waals surface area contributed by atoms with Gasteiger partial charge in [-0.3, -0.25) is 9.78 Å². The molecule has 4 heterocycles. The summed E-state index contributed by atoms with van der Waals surface area (Å²) in [6, 6.07) is 12.4. The number of ether oxygens (including phenoxy) is 4. The number of hydrogen-bond acceptors (Lipinski definition) is 21. The Hall–Kier alpha value is -6.65. The van der Waals surface area contributed by atoms with Crippen molar-refractivity contribution in [1.82, 2.24) is 50.5 Å². The SMILES string of the molecule is C.C.C.C.C.CC(C)(C)OC(=O)NC1CCC(CN)CC1.CC(C)(C)OC(=O)NC1CCC(CNc2nc(Cl)ncc2Cl)CC1.CCO.Clc1ncc(Cl)c(Cl)n1.NC1CCC(CNc2nc(NCc3ccccc3OC(F)(F)F)ncc2Cl)CC1.NCc1ccccc1OC(F)(F)F.O=c1[nH]cc(Cl)c(=O)[nH]1. The second-order valence-electron chi connectivity index (χ2n) is 25.1. The summed E-state index contributed by atoms with van der Waals surface area (Å²) in [4.78, 5) is 71.6.